The number of nitrogens with one attached hydrogen (secondary N) is 1. The van der Waals surface area contributed by atoms with Crippen molar-refractivity contribution < 1.29 is 23.4 Å². The fourth-order valence-corrected chi connectivity index (χ4v) is 4.48. The van der Waals surface area contributed by atoms with Gasteiger partial charge in [-0.1, -0.05) is 0 Å². The number of carbonyl (C=O) groups excluding carboxylic acids is 1. The molecule has 3 heterocycles. The Morgan fingerprint density at radius 2 is 1.86 bits per heavy atom. The van der Waals surface area contributed by atoms with E-state index >= 15 is 0 Å². The molecule has 0 aliphatic carbocycles. The quantitative estimate of drug-likeness (QED) is 0.369. The number of nitrogens with zero attached hydrogens (tertiary/aromatic N) is 5. The molecule has 0 saturated carbocycles. The van der Waals surface area contributed by atoms with Gasteiger partial charge in [-0.15, -0.1) is 0 Å². The van der Waals surface area contributed by atoms with Crippen molar-refractivity contribution in [3.63, 3.8) is 0 Å². The summed E-state index contributed by atoms with van der Waals surface area (Å²) in [4.78, 5) is 27.4. The largest absolute Gasteiger partial charge is 0.493 e. The van der Waals surface area contributed by atoms with E-state index in [1.54, 1.807) is 61.5 Å². The number of ether oxygens (including phenoxy) is 3. The number of hydrogen-bond donors (Lipinski definition) is 2. The Balaban J connectivity index is 1.52. The molecule has 37 heavy (non-hydrogen) atoms. The van der Waals surface area contributed by atoms with Crippen LogP contribution in [0.25, 0.3) is 16.6 Å². The molecule has 1 amide bonds. The summed E-state index contributed by atoms with van der Waals surface area (Å²) in [6, 6.07) is 7.35. The van der Waals surface area contributed by atoms with Crippen LogP contribution in [0.5, 0.6) is 17.2 Å². The van der Waals surface area contributed by atoms with Crippen LogP contribution in [-0.2, 0) is 4.79 Å². The van der Waals surface area contributed by atoms with Gasteiger partial charge in [0.25, 0.3) is 0 Å². The van der Waals surface area contributed by atoms with Crippen LogP contribution < -0.4 is 30.2 Å². The van der Waals surface area contributed by atoms with E-state index in [9.17, 15) is 9.18 Å². The predicted octanol–water partition coefficient (Wildman–Crippen LogP) is 3.18. The average molecular weight is 508 g/mol. The van der Waals surface area contributed by atoms with Crippen molar-refractivity contribution in [3.05, 3.63) is 48.7 Å². The maximum atomic E-state index is 14.1. The summed E-state index contributed by atoms with van der Waals surface area (Å²) in [5, 5.41) is 3.81. The molecule has 1 aliphatic rings. The van der Waals surface area contributed by atoms with Gasteiger partial charge < -0.3 is 34.7 Å². The highest BCUT2D eigenvalue weighted by atomic mass is 19.1. The first kappa shape index (κ1) is 24.1. The molecule has 1 aliphatic heterocycles. The average Bonchev–Trinajstić information content (AvgIpc) is 3.57. The number of nitrogens with two attached hydrogens (primary N) is 1. The van der Waals surface area contributed by atoms with E-state index in [4.69, 9.17) is 19.9 Å². The number of halogens is 1. The van der Waals surface area contributed by atoms with Crippen molar-refractivity contribution in [2.24, 2.45) is 5.73 Å². The molecule has 4 aromatic rings. The van der Waals surface area contributed by atoms with Gasteiger partial charge >= 0.3 is 0 Å². The first-order valence-electron chi connectivity index (χ1n) is 11.6. The van der Waals surface area contributed by atoms with Gasteiger partial charge in [0.2, 0.25) is 17.6 Å². The van der Waals surface area contributed by atoms with Crippen molar-refractivity contribution in [2.45, 2.75) is 18.9 Å². The number of benzene rings is 2. The molecule has 1 fully saturated rings. The van der Waals surface area contributed by atoms with Crippen molar-refractivity contribution in [3.8, 4) is 22.9 Å². The van der Waals surface area contributed by atoms with E-state index in [0.717, 1.165) is 12.1 Å². The van der Waals surface area contributed by atoms with Gasteiger partial charge in [0.05, 0.1) is 38.7 Å². The number of hydrogen-bond acceptors (Lipinski definition) is 9. The number of anilines is 3. The lowest BCUT2D eigenvalue weighted by atomic mass is 10.2. The molecule has 0 unspecified atom stereocenters. The van der Waals surface area contributed by atoms with E-state index in [-0.39, 0.29) is 0 Å². The molecule has 192 valence electrons. The normalized spacial score (nSPS) is 15.1. The number of methoxy groups -OCH3 is 3. The summed E-state index contributed by atoms with van der Waals surface area (Å²) < 4.78 is 32.1. The molecule has 12 heteroatoms. The number of fused-ring (bicyclic) bond motifs is 1. The van der Waals surface area contributed by atoms with Gasteiger partial charge in [-0.05, 0) is 25.0 Å². The second-order valence-corrected chi connectivity index (χ2v) is 8.46. The maximum Gasteiger partial charge on any atom is 0.240 e. The summed E-state index contributed by atoms with van der Waals surface area (Å²) >= 11 is 0. The molecule has 11 nitrogen and oxygen atoms in total. The van der Waals surface area contributed by atoms with Crippen molar-refractivity contribution in [1.29, 1.82) is 0 Å². The van der Waals surface area contributed by atoms with E-state index in [2.05, 4.69) is 20.3 Å². The van der Waals surface area contributed by atoms with Gasteiger partial charge in [-0.2, -0.15) is 4.98 Å². The second-order valence-electron chi connectivity index (χ2n) is 8.46. The summed E-state index contributed by atoms with van der Waals surface area (Å²) in [5.41, 5.74) is 6.71. The zero-order valence-electron chi connectivity index (χ0n) is 20.6. The zero-order valence-corrected chi connectivity index (χ0v) is 20.6. The molecule has 0 radical (unpaired) electrons. The molecule has 3 N–H and O–H groups in total. The fraction of sp³-hybridized carbons (Fsp3) is 0.280. The third kappa shape index (κ3) is 4.53. The van der Waals surface area contributed by atoms with Crippen LogP contribution in [0.15, 0.2) is 42.9 Å². The minimum Gasteiger partial charge on any atom is -0.493 e. The maximum absolute atomic E-state index is 14.1. The Hall–Kier alpha value is -4.61. The predicted molar refractivity (Wildman–Crippen MR) is 136 cm³/mol. The smallest absolute Gasteiger partial charge is 0.240 e. The lowest BCUT2D eigenvalue weighted by molar-refractivity contribution is -0.119. The Kier molecular flexibility index (Phi) is 6.38. The molecule has 0 bridgehead atoms. The van der Waals surface area contributed by atoms with E-state index in [1.165, 1.54) is 12.1 Å². The SMILES string of the molecule is COc1cc(-n2cnc(Nc3nc(N4CCC[C@@H]4C(N)=O)nc4cc(F)ccc34)c2)cc(OC)c1OC. The minimum atomic E-state index is -0.516. The zero-order chi connectivity index (χ0) is 26.1. The Morgan fingerprint density at radius 1 is 1.11 bits per heavy atom. The van der Waals surface area contributed by atoms with Gasteiger partial charge in [-0.25, -0.2) is 14.4 Å². The van der Waals surface area contributed by atoms with Crippen LogP contribution in [0.4, 0.5) is 22.0 Å². The van der Waals surface area contributed by atoms with Gasteiger partial charge in [0.15, 0.2) is 11.5 Å². The number of aromatic nitrogens is 4. The Labute approximate surface area is 212 Å². The van der Waals surface area contributed by atoms with Gasteiger partial charge in [-0.3, -0.25) is 4.79 Å². The van der Waals surface area contributed by atoms with Crippen molar-refractivity contribution in [1.82, 2.24) is 19.5 Å². The number of primary amides is 1. The summed E-state index contributed by atoms with van der Waals surface area (Å²) in [7, 11) is 4.64. The highest BCUT2D eigenvalue weighted by Gasteiger charge is 2.31. The van der Waals surface area contributed by atoms with Crippen LogP contribution in [0.2, 0.25) is 0 Å². The number of imidazole rings is 1. The number of amides is 1. The molecular formula is C25H26FN7O4. The molecule has 1 atom stereocenters. The van der Waals surface area contributed by atoms with Crippen LogP contribution in [-0.4, -0.2) is 59.3 Å². The van der Waals surface area contributed by atoms with E-state index < -0.39 is 17.8 Å². The first-order chi connectivity index (χ1) is 17.9. The molecular weight excluding hydrogens is 481 g/mol. The summed E-state index contributed by atoms with van der Waals surface area (Å²) in [5.74, 6) is 1.82. The van der Waals surface area contributed by atoms with Gasteiger partial charge in [0, 0.05) is 30.1 Å². The monoisotopic (exact) mass is 507 g/mol. The highest BCUT2D eigenvalue weighted by molar-refractivity contribution is 5.92. The highest BCUT2D eigenvalue weighted by Crippen LogP contribution is 2.39. The van der Waals surface area contributed by atoms with Gasteiger partial charge in [0.1, 0.15) is 29.8 Å². The van der Waals surface area contributed by atoms with E-state index in [1.807, 2.05) is 0 Å². The number of carbonyl (C=O) groups is 1. The standard InChI is InChI=1S/C25H26FN7O4/c1-35-19-10-15(11-20(36-2)22(19)37-3)32-12-21(28-13-32)30-24-16-7-6-14(26)9-17(16)29-25(31-24)33-8-4-5-18(33)23(27)34/h6-7,9-13,18H,4-5,8H2,1-3H3,(H2,27,34)(H,29,30,31)/t18-/m1/s1. The topological polar surface area (TPSA) is 130 Å². The third-order valence-corrected chi connectivity index (χ3v) is 6.26. The van der Waals surface area contributed by atoms with Crippen LogP contribution >= 0.6 is 0 Å². The summed E-state index contributed by atoms with van der Waals surface area (Å²) in [6.07, 6.45) is 4.78. The lowest BCUT2D eigenvalue weighted by Gasteiger charge is -2.23. The molecule has 5 rings (SSSR count). The van der Waals surface area contributed by atoms with Crippen molar-refractivity contribution >= 4 is 34.4 Å². The Bertz CT molecular complexity index is 1450. The van der Waals surface area contributed by atoms with Crippen LogP contribution in [0.3, 0.4) is 0 Å². The third-order valence-electron chi connectivity index (χ3n) is 6.26. The van der Waals surface area contributed by atoms with Crippen molar-refractivity contribution in [2.75, 3.05) is 38.1 Å². The lowest BCUT2D eigenvalue weighted by Crippen LogP contribution is -2.41. The number of rotatable bonds is 8. The molecule has 0 spiro atoms. The van der Waals surface area contributed by atoms with Crippen LogP contribution in [0, 0.1) is 5.82 Å². The molecule has 2 aromatic heterocycles. The summed E-state index contributed by atoms with van der Waals surface area (Å²) in [6.45, 7) is 0.573. The minimum absolute atomic E-state index is 0.297. The Morgan fingerprint density at radius 3 is 2.54 bits per heavy atom. The first-order valence-corrected chi connectivity index (χ1v) is 11.6. The fourth-order valence-electron chi connectivity index (χ4n) is 4.48. The molecule has 2 aromatic carbocycles. The molecule has 1 saturated heterocycles. The van der Waals surface area contributed by atoms with Crippen LogP contribution in [0.1, 0.15) is 12.8 Å². The second kappa shape index (κ2) is 9.80. The van der Waals surface area contributed by atoms with E-state index in [0.29, 0.717) is 58.7 Å².